The van der Waals surface area contributed by atoms with Crippen molar-refractivity contribution in [2.24, 2.45) is 5.92 Å². The molecule has 0 aliphatic heterocycles. The second kappa shape index (κ2) is 6.30. The number of pyridine rings is 1. The van der Waals surface area contributed by atoms with Crippen molar-refractivity contribution >= 4 is 5.78 Å². The van der Waals surface area contributed by atoms with Crippen molar-refractivity contribution in [1.82, 2.24) is 4.98 Å². The standard InChI is InChI=1S/C15H18N2O/c16-11-13(14-7-3-4-10-17-14)15(18)9-8-12-5-1-2-6-12/h3-4,7,10,12-13H,1-2,5-6,8-9H2/t13-/m0/s1. The summed E-state index contributed by atoms with van der Waals surface area (Å²) in [6.07, 6.45) is 8.15. The summed E-state index contributed by atoms with van der Waals surface area (Å²) in [5.74, 6) is 0.0210. The van der Waals surface area contributed by atoms with Crippen LogP contribution in [0.2, 0.25) is 0 Å². The number of nitrogens with zero attached hydrogens (tertiary/aromatic N) is 2. The van der Waals surface area contributed by atoms with Crippen molar-refractivity contribution in [2.75, 3.05) is 0 Å². The van der Waals surface area contributed by atoms with Gasteiger partial charge in [-0.25, -0.2) is 0 Å². The Hall–Kier alpha value is -1.69. The zero-order valence-electron chi connectivity index (χ0n) is 10.5. The van der Waals surface area contributed by atoms with Crippen LogP contribution in [0.3, 0.4) is 0 Å². The highest BCUT2D eigenvalue weighted by atomic mass is 16.1. The van der Waals surface area contributed by atoms with Crippen LogP contribution in [0.5, 0.6) is 0 Å². The molecule has 1 aliphatic rings. The van der Waals surface area contributed by atoms with E-state index in [-0.39, 0.29) is 5.78 Å². The number of nitriles is 1. The number of hydrogen-bond donors (Lipinski definition) is 0. The molecule has 3 heteroatoms. The van der Waals surface area contributed by atoms with Gasteiger partial charge in [0.15, 0.2) is 5.78 Å². The summed E-state index contributed by atoms with van der Waals surface area (Å²) in [6.45, 7) is 0. The third kappa shape index (κ3) is 3.16. The Morgan fingerprint density at radius 2 is 2.22 bits per heavy atom. The second-order valence-electron chi connectivity index (χ2n) is 4.97. The highest BCUT2D eigenvalue weighted by molar-refractivity contribution is 5.87. The van der Waals surface area contributed by atoms with E-state index in [4.69, 9.17) is 5.26 Å². The molecule has 1 saturated carbocycles. The molecule has 2 rings (SSSR count). The van der Waals surface area contributed by atoms with Crippen molar-refractivity contribution in [2.45, 2.75) is 44.4 Å². The number of carbonyl (C=O) groups is 1. The molecule has 1 heterocycles. The normalized spacial score (nSPS) is 17.3. The average molecular weight is 242 g/mol. The maximum Gasteiger partial charge on any atom is 0.156 e. The van der Waals surface area contributed by atoms with Gasteiger partial charge in [0, 0.05) is 12.6 Å². The van der Waals surface area contributed by atoms with E-state index in [9.17, 15) is 4.79 Å². The molecule has 1 atom stereocenters. The van der Waals surface area contributed by atoms with Gasteiger partial charge in [-0.1, -0.05) is 31.7 Å². The van der Waals surface area contributed by atoms with E-state index < -0.39 is 5.92 Å². The van der Waals surface area contributed by atoms with Crippen LogP contribution >= 0.6 is 0 Å². The highest BCUT2D eigenvalue weighted by Gasteiger charge is 2.23. The summed E-state index contributed by atoms with van der Waals surface area (Å²) in [6, 6.07) is 7.44. The van der Waals surface area contributed by atoms with E-state index in [1.54, 1.807) is 18.3 Å². The van der Waals surface area contributed by atoms with Crippen molar-refractivity contribution < 1.29 is 4.79 Å². The van der Waals surface area contributed by atoms with Gasteiger partial charge in [-0.05, 0) is 24.5 Å². The largest absolute Gasteiger partial charge is 0.298 e. The topological polar surface area (TPSA) is 53.8 Å². The molecular formula is C15H18N2O. The predicted molar refractivity (Wildman–Crippen MR) is 68.8 cm³/mol. The third-order valence-corrected chi connectivity index (χ3v) is 3.71. The molecule has 1 aromatic rings. The summed E-state index contributed by atoms with van der Waals surface area (Å²) in [5, 5.41) is 9.13. The highest BCUT2D eigenvalue weighted by Crippen LogP contribution is 2.29. The minimum absolute atomic E-state index is 0.0168. The first-order chi connectivity index (χ1) is 8.81. The fraction of sp³-hybridized carbons (Fsp3) is 0.533. The molecular weight excluding hydrogens is 224 g/mol. The first-order valence-corrected chi connectivity index (χ1v) is 6.64. The summed E-state index contributed by atoms with van der Waals surface area (Å²) in [5.41, 5.74) is 0.580. The number of hydrogen-bond acceptors (Lipinski definition) is 3. The lowest BCUT2D eigenvalue weighted by Crippen LogP contribution is -2.13. The molecule has 0 radical (unpaired) electrons. The number of carbonyl (C=O) groups excluding carboxylic acids is 1. The molecule has 0 N–H and O–H groups in total. The van der Waals surface area contributed by atoms with E-state index in [2.05, 4.69) is 11.1 Å². The predicted octanol–water partition coefficient (Wildman–Crippen LogP) is 3.23. The lowest BCUT2D eigenvalue weighted by atomic mass is 9.93. The van der Waals surface area contributed by atoms with Gasteiger partial charge in [-0.15, -0.1) is 0 Å². The smallest absolute Gasteiger partial charge is 0.156 e. The van der Waals surface area contributed by atoms with Crippen LogP contribution in [0.15, 0.2) is 24.4 Å². The fourth-order valence-electron chi connectivity index (χ4n) is 2.64. The first-order valence-electron chi connectivity index (χ1n) is 6.64. The molecule has 0 spiro atoms. The van der Waals surface area contributed by atoms with E-state index in [0.29, 0.717) is 18.0 Å². The molecule has 94 valence electrons. The van der Waals surface area contributed by atoms with Gasteiger partial charge in [0.25, 0.3) is 0 Å². The van der Waals surface area contributed by atoms with E-state index >= 15 is 0 Å². The van der Waals surface area contributed by atoms with Crippen molar-refractivity contribution in [3.63, 3.8) is 0 Å². The average Bonchev–Trinajstić information content (AvgIpc) is 2.92. The lowest BCUT2D eigenvalue weighted by Gasteiger charge is -2.10. The molecule has 0 unspecified atom stereocenters. The quantitative estimate of drug-likeness (QED) is 0.796. The Morgan fingerprint density at radius 3 is 2.83 bits per heavy atom. The van der Waals surface area contributed by atoms with Gasteiger partial charge < -0.3 is 0 Å². The van der Waals surface area contributed by atoms with E-state index in [1.165, 1.54) is 25.7 Å². The number of aromatic nitrogens is 1. The van der Waals surface area contributed by atoms with Crippen molar-refractivity contribution in [3.8, 4) is 6.07 Å². The Balaban J connectivity index is 1.92. The van der Waals surface area contributed by atoms with Gasteiger partial charge >= 0.3 is 0 Å². The molecule has 0 aromatic carbocycles. The number of rotatable bonds is 5. The maximum absolute atomic E-state index is 12.1. The first kappa shape index (κ1) is 12.8. The zero-order chi connectivity index (χ0) is 12.8. The summed E-state index contributed by atoms with van der Waals surface area (Å²) >= 11 is 0. The van der Waals surface area contributed by atoms with Crippen LogP contribution < -0.4 is 0 Å². The Kier molecular flexibility index (Phi) is 4.46. The molecule has 1 aliphatic carbocycles. The van der Waals surface area contributed by atoms with Gasteiger partial charge in [0.2, 0.25) is 0 Å². The molecule has 18 heavy (non-hydrogen) atoms. The van der Waals surface area contributed by atoms with Gasteiger partial charge in [0.1, 0.15) is 5.92 Å². The molecule has 3 nitrogen and oxygen atoms in total. The van der Waals surface area contributed by atoms with Gasteiger partial charge in [-0.2, -0.15) is 5.26 Å². The zero-order valence-corrected chi connectivity index (χ0v) is 10.5. The Labute approximate surface area is 108 Å². The summed E-state index contributed by atoms with van der Waals surface area (Å²) < 4.78 is 0. The maximum atomic E-state index is 12.1. The van der Waals surface area contributed by atoms with Crippen LogP contribution in [-0.2, 0) is 4.79 Å². The molecule has 1 aromatic heterocycles. The van der Waals surface area contributed by atoms with Crippen LogP contribution in [0, 0.1) is 17.2 Å². The monoisotopic (exact) mass is 242 g/mol. The molecule has 1 fully saturated rings. The molecule has 0 saturated heterocycles. The van der Waals surface area contributed by atoms with Crippen LogP contribution in [0.4, 0.5) is 0 Å². The Morgan fingerprint density at radius 1 is 1.44 bits per heavy atom. The minimum Gasteiger partial charge on any atom is -0.298 e. The van der Waals surface area contributed by atoms with E-state index in [0.717, 1.165) is 6.42 Å². The molecule has 0 amide bonds. The van der Waals surface area contributed by atoms with Crippen molar-refractivity contribution in [3.05, 3.63) is 30.1 Å². The lowest BCUT2D eigenvalue weighted by molar-refractivity contribution is -0.119. The summed E-state index contributed by atoms with van der Waals surface area (Å²) in [4.78, 5) is 16.2. The Bertz CT molecular complexity index is 430. The van der Waals surface area contributed by atoms with Gasteiger partial charge in [-0.3, -0.25) is 9.78 Å². The van der Waals surface area contributed by atoms with Crippen LogP contribution in [0.25, 0.3) is 0 Å². The second-order valence-corrected chi connectivity index (χ2v) is 4.97. The van der Waals surface area contributed by atoms with Crippen LogP contribution in [-0.4, -0.2) is 10.8 Å². The fourth-order valence-corrected chi connectivity index (χ4v) is 2.64. The minimum atomic E-state index is -0.687. The number of ketones is 1. The SMILES string of the molecule is N#C[C@H](C(=O)CCC1CCCC1)c1ccccn1. The third-order valence-electron chi connectivity index (χ3n) is 3.71. The van der Waals surface area contributed by atoms with Crippen molar-refractivity contribution in [1.29, 1.82) is 5.26 Å². The van der Waals surface area contributed by atoms with E-state index in [1.807, 2.05) is 6.07 Å². The summed E-state index contributed by atoms with van der Waals surface area (Å²) in [7, 11) is 0. The molecule has 0 bridgehead atoms. The van der Waals surface area contributed by atoms with Crippen LogP contribution in [0.1, 0.15) is 50.1 Å². The number of Topliss-reactive ketones (excluding diaryl/α,β-unsaturated/α-hetero) is 1. The van der Waals surface area contributed by atoms with Gasteiger partial charge in [0.05, 0.1) is 11.8 Å².